The van der Waals surface area contributed by atoms with Crippen molar-refractivity contribution in [3.63, 3.8) is 0 Å². The van der Waals surface area contributed by atoms with Gasteiger partial charge in [0.15, 0.2) is 9.84 Å². The first-order chi connectivity index (χ1) is 8.84. The molecule has 0 bridgehead atoms. The Morgan fingerprint density at radius 2 is 2.26 bits per heavy atom. The number of sulfone groups is 1. The fourth-order valence-corrected chi connectivity index (χ4v) is 4.87. The Bertz CT molecular complexity index is 568. The van der Waals surface area contributed by atoms with Crippen LogP contribution in [-0.4, -0.2) is 42.8 Å². The number of hydrogen-bond donors (Lipinski definition) is 1. The van der Waals surface area contributed by atoms with Crippen LogP contribution in [0.1, 0.15) is 17.8 Å². The number of likely N-dealkylation sites (N-methyl/N-ethyl adjacent to an activating group) is 1. The van der Waals surface area contributed by atoms with E-state index in [1.54, 1.807) is 4.68 Å². The molecule has 1 aliphatic rings. The van der Waals surface area contributed by atoms with Crippen molar-refractivity contribution in [2.45, 2.75) is 25.8 Å². The summed E-state index contributed by atoms with van der Waals surface area (Å²) < 4.78 is 24.9. The molecule has 0 spiro atoms. The SMILES string of the molecule is CNC(Cc1c(Cl)c(C)nn1C)C1CCS(=O)(=O)C1. The van der Waals surface area contributed by atoms with Crippen LogP contribution < -0.4 is 5.32 Å². The second-order valence-corrected chi connectivity index (χ2v) is 7.84. The highest BCUT2D eigenvalue weighted by Crippen LogP contribution is 2.27. The zero-order valence-electron chi connectivity index (χ0n) is 11.5. The first-order valence-electron chi connectivity index (χ1n) is 6.39. The Labute approximate surface area is 119 Å². The van der Waals surface area contributed by atoms with Gasteiger partial charge in [0.05, 0.1) is 27.9 Å². The van der Waals surface area contributed by atoms with E-state index < -0.39 is 9.84 Å². The molecule has 1 aromatic heterocycles. The molecule has 2 unspecified atom stereocenters. The highest BCUT2D eigenvalue weighted by atomic mass is 35.5. The van der Waals surface area contributed by atoms with Gasteiger partial charge in [-0.15, -0.1) is 0 Å². The molecule has 19 heavy (non-hydrogen) atoms. The van der Waals surface area contributed by atoms with E-state index in [4.69, 9.17) is 11.6 Å². The van der Waals surface area contributed by atoms with Crippen LogP contribution in [0.4, 0.5) is 0 Å². The monoisotopic (exact) mass is 305 g/mol. The lowest BCUT2D eigenvalue weighted by Gasteiger charge is -2.22. The molecule has 0 saturated carbocycles. The average Bonchev–Trinajstić information content (AvgIpc) is 2.79. The van der Waals surface area contributed by atoms with Gasteiger partial charge in [0.2, 0.25) is 0 Å². The Hall–Kier alpha value is -0.590. The van der Waals surface area contributed by atoms with Gasteiger partial charge in [-0.25, -0.2) is 8.42 Å². The van der Waals surface area contributed by atoms with E-state index in [9.17, 15) is 8.42 Å². The van der Waals surface area contributed by atoms with Crippen molar-refractivity contribution in [1.82, 2.24) is 15.1 Å². The number of aryl methyl sites for hydroxylation is 2. The second kappa shape index (κ2) is 5.42. The lowest BCUT2D eigenvalue weighted by atomic mass is 9.95. The summed E-state index contributed by atoms with van der Waals surface area (Å²) in [5, 5.41) is 8.21. The van der Waals surface area contributed by atoms with Crippen molar-refractivity contribution in [1.29, 1.82) is 0 Å². The third-order valence-electron chi connectivity index (χ3n) is 3.88. The fraction of sp³-hybridized carbons (Fsp3) is 0.750. The van der Waals surface area contributed by atoms with Crippen LogP contribution >= 0.6 is 11.6 Å². The maximum absolute atomic E-state index is 11.6. The summed E-state index contributed by atoms with van der Waals surface area (Å²) in [4.78, 5) is 0. The third-order valence-corrected chi connectivity index (χ3v) is 6.17. The number of nitrogens with zero attached hydrogens (tertiary/aromatic N) is 2. The van der Waals surface area contributed by atoms with E-state index in [-0.39, 0.29) is 17.7 Å². The lowest BCUT2D eigenvalue weighted by Crippen LogP contribution is -2.36. The smallest absolute Gasteiger partial charge is 0.150 e. The van der Waals surface area contributed by atoms with Crippen molar-refractivity contribution < 1.29 is 8.42 Å². The van der Waals surface area contributed by atoms with Gasteiger partial charge < -0.3 is 5.32 Å². The Kier molecular flexibility index (Phi) is 4.23. The largest absolute Gasteiger partial charge is 0.316 e. The molecule has 0 aliphatic carbocycles. The Balaban J connectivity index is 2.16. The highest BCUT2D eigenvalue weighted by molar-refractivity contribution is 7.91. The lowest BCUT2D eigenvalue weighted by molar-refractivity contribution is 0.395. The number of nitrogens with one attached hydrogen (secondary N) is 1. The third kappa shape index (κ3) is 3.12. The standard InChI is InChI=1S/C12H20ClN3O2S/c1-8-12(13)11(16(3)15-8)6-10(14-2)9-4-5-19(17,18)7-9/h9-10,14H,4-7H2,1-3H3. The van der Waals surface area contributed by atoms with Gasteiger partial charge in [0.1, 0.15) is 0 Å². The molecular weight excluding hydrogens is 286 g/mol. The minimum atomic E-state index is -2.85. The first kappa shape index (κ1) is 14.8. The molecule has 2 heterocycles. The van der Waals surface area contributed by atoms with Crippen molar-refractivity contribution in [2.75, 3.05) is 18.6 Å². The summed E-state index contributed by atoms with van der Waals surface area (Å²) >= 11 is 6.25. The van der Waals surface area contributed by atoms with Crippen LogP contribution in [0, 0.1) is 12.8 Å². The summed E-state index contributed by atoms with van der Waals surface area (Å²) in [6, 6.07) is 0.115. The summed E-state index contributed by atoms with van der Waals surface area (Å²) in [6.45, 7) is 1.88. The molecule has 0 aromatic carbocycles. The fourth-order valence-electron chi connectivity index (χ4n) is 2.76. The predicted molar refractivity (Wildman–Crippen MR) is 76.3 cm³/mol. The number of aromatic nitrogens is 2. The van der Waals surface area contributed by atoms with E-state index in [1.165, 1.54) is 0 Å². The summed E-state index contributed by atoms with van der Waals surface area (Å²) in [6.07, 6.45) is 1.43. The average molecular weight is 306 g/mol. The minimum Gasteiger partial charge on any atom is -0.316 e. The molecule has 1 N–H and O–H groups in total. The summed E-state index contributed by atoms with van der Waals surface area (Å²) in [5.41, 5.74) is 1.77. The molecule has 7 heteroatoms. The van der Waals surface area contributed by atoms with Gasteiger partial charge in [-0.2, -0.15) is 5.10 Å². The summed E-state index contributed by atoms with van der Waals surface area (Å²) in [5.74, 6) is 0.724. The molecule has 108 valence electrons. The number of hydrogen-bond acceptors (Lipinski definition) is 4. The number of halogens is 1. The van der Waals surface area contributed by atoms with E-state index >= 15 is 0 Å². The minimum absolute atomic E-state index is 0.115. The molecular formula is C12H20ClN3O2S. The van der Waals surface area contributed by atoms with Crippen LogP contribution in [0.25, 0.3) is 0 Å². The normalized spacial score (nSPS) is 23.7. The van der Waals surface area contributed by atoms with Crippen molar-refractivity contribution in [3.8, 4) is 0 Å². The zero-order chi connectivity index (χ0) is 14.2. The highest BCUT2D eigenvalue weighted by Gasteiger charge is 2.33. The molecule has 2 atom stereocenters. The van der Waals surface area contributed by atoms with E-state index in [1.807, 2.05) is 21.0 Å². The van der Waals surface area contributed by atoms with E-state index in [0.717, 1.165) is 17.8 Å². The van der Waals surface area contributed by atoms with Gasteiger partial charge in [-0.3, -0.25) is 4.68 Å². The molecule has 0 radical (unpaired) electrons. The van der Waals surface area contributed by atoms with Crippen LogP contribution in [0.15, 0.2) is 0 Å². The van der Waals surface area contributed by atoms with Gasteiger partial charge in [-0.1, -0.05) is 11.6 Å². The number of rotatable bonds is 4. The maximum Gasteiger partial charge on any atom is 0.150 e. The Morgan fingerprint density at radius 1 is 1.58 bits per heavy atom. The van der Waals surface area contributed by atoms with Crippen LogP contribution in [0.3, 0.4) is 0 Å². The van der Waals surface area contributed by atoms with Crippen LogP contribution in [-0.2, 0) is 23.3 Å². The van der Waals surface area contributed by atoms with E-state index in [0.29, 0.717) is 17.2 Å². The Morgan fingerprint density at radius 3 is 2.68 bits per heavy atom. The molecule has 5 nitrogen and oxygen atoms in total. The van der Waals surface area contributed by atoms with Crippen LogP contribution in [0.5, 0.6) is 0 Å². The maximum atomic E-state index is 11.6. The molecule has 1 saturated heterocycles. The topological polar surface area (TPSA) is 64.0 Å². The zero-order valence-corrected chi connectivity index (χ0v) is 13.1. The quantitative estimate of drug-likeness (QED) is 0.899. The molecule has 2 rings (SSSR count). The van der Waals surface area contributed by atoms with Gasteiger partial charge in [-0.05, 0) is 26.3 Å². The molecule has 0 amide bonds. The van der Waals surface area contributed by atoms with Crippen molar-refractivity contribution in [3.05, 3.63) is 16.4 Å². The van der Waals surface area contributed by atoms with Crippen LogP contribution in [0.2, 0.25) is 5.02 Å². The van der Waals surface area contributed by atoms with Crippen molar-refractivity contribution >= 4 is 21.4 Å². The van der Waals surface area contributed by atoms with E-state index in [2.05, 4.69) is 10.4 Å². The molecule has 1 aliphatic heterocycles. The molecule has 1 fully saturated rings. The second-order valence-electron chi connectivity index (χ2n) is 5.23. The van der Waals surface area contributed by atoms with Gasteiger partial charge in [0, 0.05) is 19.5 Å². The van der Waals surface area contributed by atoms with Gasteiger partial charge in [0.25, 0.3) is 0 Å². The van der Waals surface area contributed by atoms with Gasteiger partial charge >= 0.3 is 0 Å². The molecule has 1 aromatic rings. The summed E-state index contributed by atoms with van der Waals surface area (Å²) in [7, 11) is 0.882. The predicted octanol–water partition coefficient (Wildman–Crippen LogP) is 0.947. The van der Waals surface area contributed by atoms with Crippen molar-refractivity contribution in [2.24, 2.45) is 13.0 Å². The first-order valence-corrected chi connectivity index (χ1v) is 8.59.